The zero-order valence-electron chi connectivity index (χ0n) is 9.71. The summed E-state index contributed by atoms with van der Waals surface area (Å²) in [7, 11) is 0. The van der Waals surface area contributed by atoms with Crippen molar-refractivity contribution in [2.45, 2.75) is 38.1 Å². The first-order chi connectivity index (χ1) is 8.16. The lowest BCUT2D eigenvalue weighted by molar-refractivity contribution is 0.460. The second kappa shape index (κ2) is 5.45. The van der Waals surface area contributed by atoms with Gasteiger partial charge in [-0.1, -0.05) is 31.5 Å². The Kier molecular flexibility index (Phi) is 3.94. The zero-order valence-corrected chi connectivity index (χ0v) is 10.5. The van der Waals surface area contributed by atoms with Crippen molar-refractivity contribution in [1.82, 2.24) is 0 Å². The number of hydrogen-bond donors (Lipinski definition) is 2. The van der Waals surface area contributed by atoms with Gasteiger partial charge in [-0.2, -0.15) is 0 Å². The summed E-state index contributed by atoms with van der Waals surface area (Å²) in [4.78, 5) is 0.230. The minimum absolute atomic E-state index is 0.230. The van der Waals surface area contributed by atoms with E-state index in [0.717, 1.165) is 12.8 Å². The van der Waals surface area contributed by atoms with E-state index < -0.39 is 0 Å². The summed E-state index contributed by atoms with van der Waals surface area (Å²) in [5.74, 6) is -0.277. The van der Waals surface area contributed by atoms with Crippen LogP contribution in [0.25, 0.3) is 0 Å². The van der Waals surface area contributed by atoms with Crippen molar-refractivity contribution < 1.29 is 4.39 Å². The molecular weight excluding hydrogens is 235 g/mol. The highest BCUT2D eigenvalue weighted by Gasteiger charge is 2.14. The molecule has 2 rings (SSSR count). The number of anilines is 1. The number of nitrogens with two attached hydrogens (primary N) is 1. The van der Waals surface area contributed by atoms with Crippen LogP contribution in [0.3, 0.4) is 0 Å². The van der Waals surface area contributed by atoms with E-state index in [2.05, 4.69) is 5.32 Å². The first kappa shape index (κ1) is 12.3. The molecule has 92 valence electrons. The summed E-state index contributed by atoms with van der Waals surface area (Å²) in [5, 5.41) is 3.26. The Morgan fingerprint density at radius 3 is 2.59 bits per heavy atom. The normalized spacial score (nSPS) is 16.8. The number of nitrogens with one attached hydrogen (secondary N) is 1. The molecule has 0 saturated heterocycles. The lowest BCUT2D eigenvalue weighted by Gasteiger charge is -2.24. The van der Waals surface area contributed by atoms with Crippen LogP contribution in [0.5, 0.6) is 0 Å². The van der Waals surface area contributed by atoms with E-state index in [1.165, 1.54) is 25.3 Å². The quantitative estimate of drug-likeness (QED) is 0.811. The maximum absolute atomic E-state index is 13.8. The van der Waals surface area contributed by atoms with Crippen molar-refractivity contribution in [1.29, 1.82) is 0 Å². The molecule has 1 aromatic carbocycles. The van der Waals surface area contributed by atoms with Crippen molar-refractivity contribution in [2.24, 2.45) is 5.73 Å². The van der Waals surface area contributed by atoms with Gasteiger partial charge < -0.3 is 11.1 Å². The predicted octanol–water partition coefficient (Wildman–Crippen LogP) is 3.20. The third kappa shape index (κ3) is 3.16. The average molecular weight is 252 g/mol. The molecule has 0 unspecified atom stereocenters. The molecule has 17 heavy (non-hydrogen) atoms. The van der Waals surface area contributed by atoms with E-state index in [1.54, 1.807) is 12.1 Å². The molecule has 0 heterocycles. The third-order valence-electron chi connectivity index (χ3n) is 3.22. The van der Waals surface area contributed by atoms with Crippen molar-refractivity contribution in [3.05, 3.63) is 29.6 Å². The van der Waals surface area contributed by atoms with Crippen molar-refractivity contribution in [3.63, 3.8) is 0 Å². The van der Waals surface area contributed by atoms with Gasteiger partial charge in [-0.15, -0.1) is 0 Å². The molecule has 4 heteroatoms. The molecule has 0 amide bonds. The van der Waals surface area contributed by atoms with Crippen molar-refractivity contribution >= 4 is 22.9 Å². The minimum atomic E-state index is -0.277. The summed E-state index contributed by atoms with van der Waals surface area (Å²) in [6.45, 7) is 0. The Morgan fingerprint density at radius 2 is 2.00 bits per heavy atom. The summed E-state index contributed by atoms with van der Waals surface area (Å²) < 4.78 is 13.8. The van der Waals surface area contributed by atoms with Gasteiger partial charge in [-0.05, 0) is 31.0 Å². The van der Waals surface area contributed by atoms with Crippen molar-refractivity contribution in [2.75, 3.05) is 5.32 Å². The van der Waals surface area contributed by atoms with E-state index >= 15 is 0 Å². The minimum Gasteiger partial charge on any atom is -0.389 e. The molecule has 3 N–H and O–H groups in total. The first-order valence-corrected chi connectivity index (χ1v) is 6.43. The molecule has 0 aromatic heterocycles. The second-order valence-corrected chi connectivity index (χ2v) is 4.98. The number of thiocarbonyl (C=S) groups is 1. The van der Waals surface area contributed by atoms with E-state index in [1.807, 2.05) is 0 Å². The van der Waals surface area contributed by atoms with Crippen LogP contribution in [0, 0.1) is 5.82 Å². The van der Waals surface area contributed by atoms with Gasteiger partial charge in [0.15, 0.2) is 0 Å². The molecule has 0 radical (unpaired) electrons. The molecule has 1 saturated carbocycles. The predicted molar refractivity (Wildman–Crippen MR) is 72.8 cm³/mol. The highest BCUT2D eigenvalue weighted by Crippen LogP contribution is 2.23. The smallest absolute Gasteiger partial charge is 0.146 e. The Labute approximate surface area is 106 Å². The largest absolute Gasteiger partial charge is 0.389 e. The first-order valence-electron chi connectivity index (χ1n) is 6.02. The highest BCUT2D eigenvalue weighted by atomic mass is 32.1. The van der Waals surface area contributed by atoms with E-state index in [4.69, 9.17) is 18.0 Å². The van der Waals surface area contributed by atoms with Gasteiger partial charge in [0.25, 0.3) is 0 Å². The molecule has 1 fully saturated rings. The van der Waals surface area contributed by atoms with Crippen molar-refractivity contribution in [3.8, 4) is 0 Å². The van der Waals surface area contributed by atoms with Crippen LogP contribution in [0.2, 0.25) is 0 Å². The Bertz CT molecular complexity index is 414. The number of hydrogen-bond acceptors (Lipinski definition) is 2. The molecule has 1 aromatic rings. The molecule has 0 bridgehead atoms. The molecule has 0 atom stereocenters. The van der Waals surface area contributed by atoms with Gasteiger partial charge in [0.2, 0.25) is 0 Å². The summed E-state index contributed by atoms with van der Waals surface area (Å²) in [6, 6.07) is 5.27. The van der Waals surface area contributed by atoms with Gasteiger partial charge in [-0.3, -0.25) is 0 Å². The molecule has 0 aliphatic heterocycles. The van der Waals surface area contributed by atoms with Crippen LogP contribution >= 0.6 is 12.2 Å². The molecule has 1 aliphatic rings. The van der Waals surface area contributed by atoms with Crippen LogP contribution in [-0.4, -0.2) is 11.0 Å². The van der Waals surface area contributed by atoms with Crippen LogP contribution in [0.15, 0.2) is 18.2 Å². The molecule has 1 aliphatic carbocycles. The fraction of sp³-hybridized carbons (Fsp3) is 0.462. The monoisotopic (exact) mass is 252 g/mol. The van der Waals surface area contributed by atoms with Gasteiger partial charge in [0.1, 0.15) is 10.8 Å². The Balaban J connectivity index is 2.08. The maximum atomic E-state index is 13.8. The van der Waals surface area contributed by atoms with E-state index in [0.29, 0.717) is 17.3 Å². The van der Waals surface area contributed by atoms with Crippen LogP contribution < -0.4 is 11.1 Å². The summed E-state index contributed by atoms with van der Waals surface area (Å²) in [6.07, 6.45) is 5.99. The zero-order chi connectivity index (χ0) is 12.3. The van der Waals surface area contributed by atoms with Gasteiger partial charge in [0, 0.05) is 11.6 Å². The highest BCUT2D eigenvalue weighted by molar-refractivity contribution is 7.80. The average Bonchev–Trinajstić information content (AvgIpc) is 2.33. The van der Waals surface area contributed by atoms with Crippen LogP contribution in [0.1, 0.15) is 37.7 Å². The molecule has 0 spiro atoms. The van der Waals surface area contributed by atoms with Gasteiger partial charge in [0.05, 0.1) is 5.69 Å². The SMILES string of the molecule is NC(=S)c1ccc(NC2CCCCC2)c(F)c1. The topological polar surface area (TPSA) is 38.0 Å². The Morgan fingerprint density at radius 1 is 1.29 bits per heavy atom. The summed E-state index contributed by atoms with van der Waals surface area (Å²) in [5.41, 5.74) is 6.59. The van der Waals surface area contributed by atoms with E-state index in [-0.39, 0.29) is 10.8 Å². The fourth-order valence-corrected chi connectivity index (χ4v) is 2.38. The standard InChI is InChI=1S/C13H17FN2S/c14-11-8-9(13(15)17)6-7-12(11)16-10-4-2-1-3-5-10/h6-8,10,16H,1-5H2,(H2,15,17). The lowest BCUT2D eigenvalue weighted by atomic mass is 9.95. The van der Waals surface area contributed by atoms with Crippen LogP contribution in [-0.2, 0) is 0 Å². The van der Waals surface area contributed by atoms with Crippen LogP contribution in [0.4, 0.5) is 10.1 Å². The number of benzene rings is 1. The Hall–Kier alpha value is -1.16. The summed E-state index contributed by atoms with van der Waals surface area (Å²) >= 11 is 4.82. The number of halogens is 1. The fourth-order valence-electron chi connectivity index (χ4n) is 2.25. The maximum Gasteiger partial charge on any atom is 0.146 e. The third-order valence-corrected chi connectivity index (χ3v) is 3.45. The lowest BCUT2D eigenvalue weighted by Crippen LogP contribution is -2.23. The van der Waals surface area contributed by atoms with Gasteiger partial charge >= 0.3 is 0 Å². The molecule has 2 nitrogen and oxygen atoms in total. The van der Waals surface area contributed by atoms with Gasteiger partial charge in [-0.25, -0.2) is 4.39 Å². The van der Waals surface area contributed by atoms with E-state index in [9.17, 15) is 4.39 Å². The second-order valence-electron chi connectivity index (χ2n) is 4.54. The molecular formula is C13H17FN2S. The number of rotatable bonds is 3.